The summed E-state index contributed by atoms with van der Waals surface area (Å²) in [4.78, 5) is 12.8. The summed E-state index contributed by atoms with van der Waals surface area (Å²) in [5.74, 6) is -0.773. The third kappa shape index (κ3) is 5.21. The Labute approximate surface area is 204 Å². The van der Waals surface area contributed by atoms with Crippen LogP contribution in [0.3, 0.4) is 0 Å². The summed E-state index contributed by atoms with van der Waals surface area (Å²) in [6.07, 6.45) is 3.68. The van der Waals surface area contributed by atoms with Gasteiger partial charge in [-0.25, -0.2) is 12.8 Å². The van der Waals surface area contributed by atoms with Gasteiger partial charge < -0.3 is 9.84 Å². The summed E-state index contributed by atoms with van der Waals surface area (Å²) in [5, 5.41) is 6.84. The number of halogens is 1. The second-order valence-electron chi connectivity index (χ2n) is 8.75. The standard InChI is InChI=1S/C26H28FN3O4S/c1-17-7-6-8-18(2)24(17)28-26(31)21-13-15-30(16-14-21)35(32,33)25-19(3)29-34-23(25)12-11-20-9-4-5-10-22(20)27/h4-12,21H,13-16H2,1-3H3,(H,28,31). The summed E-state index contributed by atoms with van der Waals surface area (Å²) in [5.41, 5.74) is 3.31. The predicted octanol–water partition coefficient (Wildman–Crippen LogP) is 4.95. The van der Waals surface area contributed by atoms with Gasteiger partial charge in [0.2, 0.25) is 15.9 Å². The average Bonchev–Trinajstić information content (AvgIpc) is 3.22. The zero-order valence-electron chi connectivity index (χ0n) is 19.9. The van der Waals surface area contributed by atoms with Gasteiger partial charge in [0.25, 0.3) is 0 Å². The van der Waals surface area contributed by atoms with Crippen molar-refractivity contribution in [2.45, 2.75) is 38.5 Å². The lowest BCUT2D eigenvalue weighted by Crippen LogP contribution is -2.41. The Kier molecular flexibility index (Phi) is 7.18. The van der Waals surface area contributed by atoms with Gasteiger partial charge in [-0.1, -0.05) is 41.6 Å². The Balaban J connectivity index is 1.47. The van der Waals surface area contributed by atoms with E-state index >= 15 is 0 Å². The number of benzene rings is 2. The van der Waals surface area contributed by atoms with Gasteiger partial charge in [0.05, 0.1) is 0 Å². The van der Waals surface area contributed by atoms with E-state index in [4.69, 9.17) is 4.52 Å². The van der Waals surface area contributed by atoms with Gasteiger partial charge in [-0.05, 0) is 63.0 Å². The molecule has 1 aromatic heterocycles. The molecule has 2 heterocycles. The van der Waals surface area contributed by atoms with E-state index in [9.17, 15) is 17.6 Å². The van der Waals surface area contributed by atoms with E-state index in [1.54, 1.807) is 25.1 Å². The van der Waals surface area contributed by atoms with E-state index in [0.717, 1.165) is 16.8 Å². The van der Waals surface area contributed by atoms with E-state index in [2.05, 4.69) is 10.5 Å². The van der Waals surface area contributed by atoms with Crippen LogP contribution in [-0.2, 0) is 14.8 Å². The summed E-state index contributed by atoms with van der Waals surface area (Å²) >= 11 is 0. The molecule has 0 bridgehead atoms. The van der Waals surface area contributed by atoms with Crippen molar-refractivity contribution in [2.24, 2.45) is 5.92 Å². The minimum absolute atomic E-state index is 0.0384. The first-order valence-corrected chi connectivity index (χ1v) is 12.9. The Hall–Kier alpha value is -3.30. The van der Waals surface area contributed by atoms with Gasteiger partial charge in [-0.2, -0.15) is 4.31 Å². The maximum atomic E-state index is 13.9. The molecule has 184 valence electrons. The second kappa shape index (κ2) is 10.1. The van der Waals surface area contributed by atoms with Gasteiger partial charge >= 0.3 is 0 Å². The number of hydrogen-bond donors (Lipinski definition) is 1. The fraction of sp³-hybridized carbons (Fsp3) is 0.308. The predicted molar refractivity (Wildman–Crippen MR) is 133 cm³/mol. The molecule has 9 heteroatoms. The normalized spacial score (nSPS) is 15.5. The first-order chi connectivity index (χ1) is 16.7. The molecule has 0 aliphatic carbocycles. The number of piperidine rings is 1. The highest BCUT2D eigenvalue weighted by Gasteiger charge is 2.36. The van der Waals surface area contributed by atoms with Crippen LogP contribution in [0.5, 0.6) is 0 Å². The number of carbonyl (C=O) groups excluding carboxylic acids is 1. The van der Waals surface area contributed by atoms with Crippen LogP contribution in [-0.4, -0.2) is 36.9 Å². The van der Waals surface area contributed by atoms with Gasteiger partial charge in [0.1, 0.15) is 11.5 Å². The summed E-state index contributed by atoms with van der Waals surface area (Å²) in [6, 6.07) is 12.0. The van der Waals surface area contributed by atoms with Crippen LogP contribution in [0, 0.1) is 32.5 Å². The minimum atomic E-state index is -3.92. The molecule has 0 atom stereocenters. The molecule has 3 aromatic rings. The third-order valence-electron chi connectivity index (χ3n) is 6.30. The lowest BCUT2D eigenvalue weighted by Gasteiger charge is -2.30. The Morgan fingerprint density at radius 2 is 1.71 bits per heavy atom. The van der Waals surface area contributed by atoms with Crippen LogP contribution in [0.4, 0.5) is 10.1 Å². The molecule has 1 aliphatic rings. The number of para-hydroxylation sites is 1. The van der Waals surface area contributed by atoms with Crippen molar-refractivity contribution in [3.63, 3.8) is 0 Å². The van der Waals surface area contributed by atoms with Crippen molar-refractivity contribution in [3.8, 4) is 0 Å². The third-order valence-corrected chi connectivity index (χ3v) is 8.36. The number of aryl methyl sites for hydroxylation is 3. The van der Waals surface area contributed by atoms with Gasteiger partial charge in [0, 0.05) is 30.3 Å². The molecule has 1 fully saturated rings. The number of amides is 1. The molecule has 1 aliphatic heterocycles. The van der Waals surface area contributed by atoms with E-state index in [-0.39, 0.29) is 41.3 Å². The quantitative estimate of drug-likeness (QED) is 0.520. The van der Waals surface area contributed by atoms with Crippen LogP contribution in [0.15, 0.2) is 51.9 Å². The number of nitrogens with one attached hydrogen (secondary N) is 1. The van der Waals surface area contributed by atoms with Crippen molar-refractivity contribution < 1.29 is 22.1 Å². The van der Waals surface area contributed by atoms with Gasteiger partial charge in [-0.15, -0.1) is 0 Å². The van der Waals surface area contributed by atoms with E-state index < -0.39 is 15.8 Å². The first-order valence-electron chi connectivity index (χ1n) is 11.4. The molecule has 1 N–H and O–H groups in total. The maximum Gasteiger partial charge on any atom is 0.248 e. The summed E-state index contributed by atoms with van der Waals surface area (Å²) < 4.78 is 47.4. The fourth-order valence-corrected chi connectivity index (χ4v) is 6.02. The van der Waals surface area contributed by atoms with E-state index in [0.29, 0.717) is 18.4 Å². The number of nitrogens with zero attached hydrogens (tertiary/aromatic N) is 2. The SMILES string of the molecule is Cc1cccc(C)c1NC(=O)C1CCN(S(=O)(=O)c2c(C)noc2C=Cc2ccccc2F)CC1. The molecular weight excluding hydrogens is 469 g/mol. The molecule has 0 unspecified atom stereocenters. The Bertz CT molecular complexity index is 1350. The number of rotatable bonds is 6. The highest BCUT2D eigenvalue weighted by molar-refractivity contribution is 7.89. The molecule has 0 saturated carbocycles. The summed E-state index contributed by atoms with van der Waals surface area (Å²) in [6.45, 7) is 5.85. The first kappa shape index (κ1) is 24.8. The van der Waals surface area contributed by atoms with Crippen molar-refractivity contribution in [1.29, 1.82) is 0 Å². The number of aromatic nitrogens is 1. The molecule has 0 spiro atoms. The number of hydrogen-bond acceptors (Lipinski definition) is 5. The zero-order chi connectivity index (χ0) is 25.2. The number of sulfonamides is 1. The fourth-order valence-electron chi connectivity index (χ4n) is 4.30. The molecule has 4 rings (SSSR count). The maximum absolute atomic E-state index is 13.9. The lowest BCUT2D eigenvalue weighted by molar-refractivity contribution is -0.120. The van der Waals surface area contributed by atoms with Gasteiger partial charge in [0.15, 0.2) is 10.7 Å². The van der Waals surface area contributed by atoms with Crippen molar-refractivity contribution in [2.75, 3.05) is 18.4 Å². The zero-order valence-corrected chi connectivity index (χ0v) is 20.7. The smallest absolute Gasteiger partial charge is 0.248 e. The van der Waals surface area contributed by atoms with Crippen molar-refractivity contribution >= 4 is 33.8 Å². The van der Waals surface area contributed by atoms with Gasteiger partial charge in [-0.3, -0.25) is 4.79 Å². The van der Waals surface area contributed by atoms with Crippen molar-refractivity contribution in [3.05, 3.63) is 76.4 Å². The topological polar surface area (TPSA) is 92.5 Å². The molecule has 2 aromatic carbocycles. The number of anilines is 1. The van der Waals surface area contributed by atoms with Crippen LogP contribution in [0.25, 0.3) is 12.2 Å². The largest absolute Gasteiger partial charge is 0.355 e. The monoisotopic (exact) mass is 497 g/mol. The molecule has 0 radical (unpaired) electrons. The van der Waals surface area contributed by atoms with E-state index in [1.807, 2.05) is 32.0 Å². The van der Waals surface area contributed by atoms with Crippen LogP contribution >= 0.6 is 0 Å². The van der Waals surface area contributed by atoms with Crippen LogP contribution in [0.1, 0.15) is 41.0 Å². The molecular formula is C26H28FN3O4S. The van der Waals surface area contributed by atoms with Crippen LogP contribution in [0.2, 0.25) is 0 Å². The Morgan fingerprint density at radius 1 is 1.06 bits per heavy atom. The Morgan fingerprint density at radius 3 is 2.37 bits per heavy atom. The highest BCUT2D eigenvalue weighted by Crippen LogP contribution is 2.30. The minimum Gasteiger partial charge on any atom is -0.355 e. The molecule has 1 saturated heterocycles. The molecule has 7 nitrogen and oxygen atoms in total. The number of carbonyl (C=O) groups is 1. The second-order valence-corrected chi connectivity index (χ2v) is 10.6. The molecule has 35 heavy (non-hydrogen) atoms. The lowest BCUT2D eigenvalue weighted by atomic mass is 9.96. The average molecular weight is 498 g/mol. The highest BCUT2D eigenvalue weighted by atomic mass is 32.2. The van der Waals surface area contributed by atoms with Crippen molar-refractivity contribution in [1.82, 2.24) is 9.46 Å². The van der Waals surface area contributed by atoms with Crippen LogP contribution < -0.4 is 5.32 Å². The molecule has 1 amide bonds. The summed E-state index contributed by atoms with van der Waals surface area (Å²) in [7, 11) is -3.92. The van der Waals surface area contributed by atoms with E-state index in [1.165, 1.54) is 22.5 Å².